The summed E-state index contributed by atoms with van der Waals surface area (Å²) in [5.74, 6) is -1.30. The third-order valence-electron chi connectivity index (χ3n) is 6.78. The zero-order valence-corrected chi connectivity index (χ0v) is 19.4. The van der Waals surface area contributed by atoms with Crippen molar-refractivity contribution in [1.82, 2.24) is 10.2 Å². The lowest BCUT2D eigenvalue weighted by molar-refractivity contribution is -0.139. The normalized spacial score (nSPS) is 19.9. The molecule has 2 aromatic rings. The van der Waals surface area contributed by atoms with Crippen LogP contribution in [0.25, 0.3) is 11.1 Å². The number of nitrogens with one attached hydrogen (secondary N) is 1. The van der Waals surface area contributed by atoms with Crippen molar-refractivity contribution in [2.75, 3.05) is 33.4 Å². The molecule has 4 rings (SSSR count). The Balaban J connectivity index is 1.38. The van der Waals surface area contributed by atoms with E-state index >= 15 is 0 Å². The van der Waals surface area contributed by atoms with Crippen molar-refractivity contribution in [3.05, 3.63) is 59.7 Å². The molecule has 0 aromatic heterocycles. The summed E-state index contributed by atoms with van der Waals surface area (Å²) in [6, 6.07) is 15.2. The van der Waals surface area contributed by atoms with Crippen molar-refractivity contribution in [1.29, 1.82) is 0 Å². The van der Waals surface area contributed by atoms with Gasteiger partial charge in [-0.15, -0.1) is 0 Å². The first-order chi connectivity index (χ1) is 16.4. The molecule has 0 saturated carbocycles. The molecule has 2 amide bonds. The molecule has 1 fully saturated rings. The molecule has 3 atom stereocenters. The Labute approximate surface area is 198 Å². The summed E-state index contributed by atoms with van der Waals surface area (Å²) in [5, 5.41) is 11.7. The highest BCUT2D eigenvalue weighted by molar-refractivity contribution is 5.86. The number of alkyl carbamates (subject to hydrolysis) is 1. The van der Waals surface area contributed by atoms with Gasteiger partial charge in [-0.1, -0.05) is 55.5 Å². The molecule has 1 saturated heterocycles. The highest BCUT2D eigenvalue weighted by Crippen LogP contribution is 2.44. The van der Waals surface area contributed by atoms with Crippen LogP contribution < -0.4 is 5.32 Å². The number of ether oxygens (including phenoxy) is 2. The average Bonchev–Trinajstić information content (AvgIpc) is 3.34. The fourth-order valence-corrected chi connectivity index (χ4v) is 5.05. The molecule has 1 aliphatic heterocycles. The van der Waals surface area contributed by atoms with Crippen LogP contribution in [0.4, 0.5) is 4.79 Å². The summed E-state index contributed by atoms with van der Waals surface area (Å²) >= 11 is 0. The smallest absolute Gasteiger partial charge is 0.407 e. The highest BCUT2D eigenvalue weighted by Gasteiger charge is 2.37. The van der Waals surface area contributed by atoms with Gasteiger partial charge in [0.1, 0.15) is 12.6 Å². The number of nitrogens with zero attached hydrogens (tertiary/aromatic N) is 1. The van der Waals surface area contributed by atoms with Crippen LogP contribution in [0.2, 0.25) is 0 Å². The summed E-state index contributed by atoms with van der Waals surface area (Å²) in [7, 11) is 1.46. The Hall–Kier alpha value is -3.39. The van der Waals surface area contributed by atoms with Gasteiger partial charge in [0, 0.05) is 26.1 Å². The number of hydrogen-bond donors (Lipinski definition) is 2. The van der Waals surface area contributed by atoms with Crippen LogP contribution in [0.15, 0.2) is 48.5 Å². The van der Waals surface area contributed by atoms with Crippen LogP contribution >= 0.6 is 0 Å². The van der Waals surface area contributed by atoms with E-state index in [9.17, 15) is 14.4 Å². The van der Waals surface area contributed by atoms with E-state index in [1.165, 1.54) is 7.11 Å². The molecule has 34 heavy (non-hydrogen) atoms. The number of amides is 2. The Morgan fingerprint density at radius 2 is 1.68 bits per heavy atom. The first-order valence-corrected chi connectivity index (χ1v) is 11.5. The topological polar surface area (TPSA) is 105 Å². The highest BCUT2D eigenvalue weighted by atomic mass is 16.5. The summed E-state index contributed by atoms with van der Waals surface area (Å²) in [6.45, 7) is 2.88. The quantitative estimate of drug-likeness (QED) is 0.619. The Kier molecular flexibility index (Phi) is 7.17. The van der Waals surface area contributed by atoms with E-state index in [1.54, 1.807) is 4.90 Å². The van der Waals surface area contributed by atoms with Crippen molar-refractivity contribution in [2.45, 2.75) is 25.3 Å². The molecule has 0 unspecified atom stereocenters. The number of likely N-dealkylation sites (tertiary alicyclic amines) is 1. The zero-order chi connectivity index (χ0) is 24.2. The number of hydrogen-bond acceptors (Lipinski definition) is 5. The van der Waals surface area contributed by atoms with Crippen molar-refractivity contribution in [3.63, 3.8) is 0 Å². The van der Waals surface area contributed by atoms with Crippen LogP contribution in [0.1, 0.15) is 30.4 Å². The van der Waals surface area contributed by atoms with Gasteiger partial charge in [0.25, 0.3) is 0 Å². The third-order valence-corrected chi connectivity index (χ3v) is 6.78. The van der Waals surface area contributed by atoms with Crippen LogP contribution in [-0.2, 0) is 19.1 Å². The maximum absolute atomic E-state index is 13.1. The number of carbonyl (C=O) groups is 3. The van der Waals surface area contributed by atoms with Gasteiger partial charge in [-0.2, -0.15) is 0 Å². The van der Waals surface area contributed by atoms with Crippen molar-refractivity contribution < 1.29 is 29.0 Å². The van der Waals surface area contributed by atoms with E-state index in [0.717, 1.165) is 22.3 Å². The number of carbonyl (C=O) groups excluding carboxylic acids is 2. The molecule has 180 valence electrons. The van der Waals surface area contributed by atoms with Gasteiger partial charge < -0.3 is 24.8 Å². The number of carboxylic acid groups (broad SMARTS) is 1. The predicted octanol–water partition coefficient (Wildman–Crippen LogP) is 3.11. The van der Waals surface area contributed by atoms with Gasteiger partial charge in [0.2, 0.25) is 5.91 Å². The van der Waals surface area contributed by atoms with Gasteiger partial charge in [-0.3, -0.25) is 9.59 Å². The second-order valence-corrected chi connectivity index (χ2v) is 9.06. The summed E-state index contributed by atoms with van der Waals surface area (Å²) in [4.78, 5) is 38.4. The van der Waals surface area contributed by atoms with Gasteiger partial charge in [-0.25, -0.2) is 4.79 Å². The SMILES string of the molecule is COC[C@H](NC(=O)OCC1c2ccccc2-c2ccccc21)C(=O)N1C[C@@H](CC(=O)O)[C@H](C)C1. The standard InChI is InChI=1S/C26H30N2O6/c1-16-12-28(13-17(16)11-24(29)30)25(31)23(15-33-2)27-26(32)34-14-22-20-9-5-3-7-18(20)19-8-4-6-10-21(19)22/h3-10,16-17,22-23H,11-15H2,1-2H3,(H,27,32)(H,29,30)/t16-,17-,23+/m1/s1. The molecule has 0 spiro atoms. The molecule has 0 radical (unpaired) electrons. The number of aliphatic carboxylic acids is 1. The van der Waals surface area contributed by atoms with Gasteiger partial charge in [-0.05, 0) is 34.1 Å². The van der Waals surface area contributed by atoms with E-state index in [1.807, 2.05) is 43.3 Å². The Morgan fingerprint density at radius 1 is 1.06 bits per heavy atom. The van der Waals surface area contributed by atoms with Gasteiger partial charge >= 0.3 is 12.1 Å². The number of carboxylic acids is 1. The molecule has 1 aliphatic carbocycles. The second kappa shape index (κ2) is 10.3. The number of fused-ring (bicyclic) bond motifs is 3. The minimum atomic E-state index is -0.906. The van der Waals surface area contributed by atoms with Crippen LogP contribution in [-0.4, -0.2) is 67.4 Å². The molecule has 0 bridgehead atoms. The van der Waals surface area contributed by atoms with E-state index in [-0.39, 0.29) is 43.3 Å². The Bertz CT molecular complexity index is 1030. The van der Waals surface area contributed by atoms with E-state index < -0.39 is 18.1 Å². The monoisotopic (exact) mass is 466 g/mol. The van der Waals surface area contributed by atoms with Crippen LogP contribution in [0, 0.1) is 11.8 Å². The second-order valence-electron chi connectivity index (χ2n) is 9.06. The van der Waals surface area contributed by atoms with Gasteiger partial charge in [0.05, 0.1) is 13.0 Å². The number of methoxy groups -OCH3 is 1. The summed E-state index contributed by atoms with van der Waals surface area (Å²) < 4.78 is 10.7. The first kappa shape index (κ1) is 23.8. The van der Waals surface area contributed by atoms with Gasteiger partial charge in [0.15, 0.2) is 0 Å². The maximum Gasteiger partial charge on any atom is 0.407 e. The largest absolute Gasteiger partial charge is 0.481 e. The number of benzene rings is 2. The molecule has 1 heterocycles. The molecular formula is C26H30N2O6. The molecule has 8 heteroatoms. The molecule has 2 aromatic carbocycles. The zero-order valence-electron chi connectivity index (χ0n) is 19.4. The number of rotatable bonds is 8. The van der Waals surface area contributed by atoms with E-state index in [2.05, 4.69) is 17.4 Å². The van der Waals surface area contributed by atoms with Crippen molar-refractivity contribution >= 4 is 18.0 Å². The molecule has 2 aliphatic rings. The molecule has 8 nitrogen and oxygen atoms in total. The third kappa shape index (κ3) is 4.92. The Morgan fingerprint density at radius 3 is 2.26 bits per heavy atom. The molecular weight excluding hydrogens is 436 g/mol. The fraction of sp³-hybridized carbons (Fsp3) is 0.423. The summed E-state index contributed by atoms with van der Waals surface area (Å²) in [6.07, 6.45) is -0.675. The maximum atomic E-state index is 13.1. The van der Waals surface area contributed by atoms with E-state index in [4.69, 9.17) is 14.6 Å². The minimum absolute atomic E-state index is 0.00247. The minimum Gasteiger partial charge on any atom is -0.481 e. The predicted molar refractivity (Wildman–Crippen MR) is 125 cm³/mol. The van der Waals surface area contributed by atoms with Crippen molar-refractivity contribution in [2.24, 2.45) is 11.8 Å². The lowest BCUT2D eigenvalue weighted by atomic mass is 9.95. The van der Waals surface area contributed by atoms with Crippen LogP contribution in [0.5, 0.6) is 0 Å². The lowest BCUT2D eigenvalue weighted by Crippen LogP contribution is -2.50. The molecule has 2 N–H and O–H groups in total. The fourth-order valence-electron chi connectivity index (χ4n) is 5.05. The first-order valence-electron chi connectivity index (χ1n) is 11.5. The average molecular weight is 467 g/mol. The van der Waals surface area contributed by atoms with Crippen LogP contribution in [0.3, 0.4) is 0 Å². The van der Waals surface area contributed by atoms with E-state index in [0.29, 0.717) is 13.1 Å². The van der Waals surface area contributed by atoms with Crippen molar-refractivity contribution in [3.8, 4) is 11.1 Å². The summed E-state index contributed by atoms with van der Waals surface area (Å²) in [5.41, 5.74) is 4.49. The lowest BCUT2D eigenvalue weighted by Gasteiger charge is -2.24.